The molecule has 2 aromatic heterocycles. The Bertz CT molecular complexity index is 473. The van der Waals surface area contributed by atoms with Crippen LogP contribution in [0.1, 0.15) is 5.69 Å². The van der Waals surface area contributed by atoms with E-state index in [0.717, 1.165) is 21.6 Å². The predicted octanol–water partition coefficient (Wildman–Crippen LogP) is 2.47. The van der Waals surface area contributed by atoms with Gasteiger partial charge in [-0.3, -0.25) is 4.40 Å². The summed E-state index contributed by atoms with van der Waals surface area (Å²) < 4.78 is 3.06. The number of aryl methyl sites for hydroxylation is 1. The summed E-state index contributed by atoms with van der Waals surface area (Å²) in [5.41, 5.74) is 3.15. The molecule has 4 heteroatoms. The molecule has 14 heavy (non-hydrogen) atoms. The van der Waals surface area contributed by atoms with Gasteiger partial charge in [-0.1, -0.05) is 0 Å². The summed E-state index contributed by atoms with van der Waals surface area (Å²) in [5, 5.41) is 0. The van der Waals surface area contributed by atoms with Gasteiger partial charge in [0.15, 0.2) is 0 Å². The van der Waals surface area contributed by atoms with Crippen LogP contribution >= 0.6 is 15.9 Å². The lowest BCUT2D eigenvalue weighted by atomic mass is 10.4. The number of hydrogen-bond acceptors (Lipinski definition) is 2. The minimum Gasteiger partial charge on any atom is -0.378 e. The Morgan fingerprint density at radius 3 is 2.79 bits per heavy atom. The van der Waals surface area contributed by atoms with E-state index in [1.165, 1.54) is 0 Å². The first kappa shape index (κ1) is 9.52. The number of rotatable bonds is 1. The largest absolute Gasteiger partial charge is 0.378 e. The van der Waals surface area contributed by atoms with Gasteiger partial charge in [-0.15, -0.1) is 0 Å². The van der Waals surface area contributed by atoms with Crippen molar-refractivity contribution in [3.05, 3.63) is 28.6 Å². The number of anilines is 1. The molecule has 3 nitrogen and oxygen atoms in total. The quantitative estimate of drug-likeness (QED) is 0.779. The molecule has 0 aliphatic rings. The zero-order valence-corrected chi connectivity index (χ0v) is 10.0. The SMILES string of the molecule is Cc1nc2cc(N(C)C)ccn2c1Br. The molecule has 0 amide bonds. The summed E-state index contributed by atoms with van der Waals surface area (Å²) in [5.74, 6) is 0. The Hall–Kier alpha value is -1.03. The van der Waals surface area contributed by atoms with Gasteiger partial charge >= 0.3 is 0 Å². The van der Waals surface area contributed by atoms with Gasteiger partial charge in [0, 0.05) is 32.0 Å². The molecule has 0 saturated carbocycles. The number of hydrogen-bond donors (Lipinski definition) is 0. The summed E-state index contributed by atoms with van der Waals surface area (Å²) in [6.07, 6.45) is 2.02. The van der Waals surface area contributed by atoms with E-state index in [1.807, 2.05) is 31.6 Å². The van der Waals surface area contributed by atoms with E-state index < -0.39 is 0 Å². The molecule has 0 radical (unpaired) electrons. The molecule has 0 bridgehead atoms. The van der Waals surface area contributed by atoms with E-state index in [9.17, 15) is 0 Å². The van der Waals surface area contributed by atoms with E-state index in [4.69, 9.17) is 0 Å². The molecular formula is C10H12BrN3. The van der Waals surface area contributed by atoms with E-state index in [0.29, 0.717) is 0 Å². The maximum atomic E-state index is 4.45. The highest BCUT2D eigenvalue weighted by molar-refractivity contribution is 9.10. The predicted molar refractivity (Wildman–Crippen MR) is 62.0 cm³/mol. The first-order valence-electron chi connectivity index (χ1n) is 4.41. The van der Waals surface area contributed by atoms with Crippen molar-refractivity contribution in [1.82, 2.24) is 9.38 Å². The molecule has 0 saturated heterocycles. The smallest absolute Gasteiger partial charge is 0.139 e. The molecule has 0 unspecified atom stereocenters. The minimum atomic E-state index is 0.973. The van der Waals surface area contributed by atoms with Gasteiger partial charge in [0.2, 0.25) is 0 Å². The lowest BCUT2D eigenvalue weighted by Gasteiger charge is -2.11. The summed E-state index contributed by atoms with van der Waals surface area (Å²) in [6.45, 7) is 1.99. The van der Waals surface area contributed by atoms with E-state index in [-0.39, 0.29) is 0 Å². The van der Waals surface area contributed by atoms with Crippen LogP contribution in [0.4, 0.5) is 5.69 Å². The summed E-state index contributed by atoms with van der Waals surface area (Å²) in [7, 11) is 4.05. The number of halogens is 1. The molecule has 0 aliphatic heterocycles. The summed E-state index contributed by atoms with van der Waals surface area (Å²) in [6, 6.07) is 4.14. The molecular weight excluding hydrogens is 242 g/mol. The third-order valence-electron chi connectivity index (χ3n) is 2.23. The minimum absolute atomic E-state index is 0.973. The van der Waals surface area contributed by atoms with Crippen LogP contribution in [0.15, 0.2) is 22.9 Å². The monoisotopic (exact) mass is 253 g/mol. The summed E-state index contributed by atoms with van der Waals surface area (Å²) >= 11 is 3.50. The fourth-order valence-electron chi connectivity index (χ4n) is 1.40. The van der Waals surface area contributed by atoms with E-state index >= 15 is 0 Å². The maximum Gasteiger partial charge on any atom is 0.139 e. The summed E-state index contributed by atoms with van der Waals surface area (Å²) in [4.78, 5) is 6.51. The van der Waals surface area contributed by atoms with Crippen LogP contribution in [0.3, 0.4) is 0 Å². The van der Waals surface area contributed by atoms with Crippen LogP contribution in [0, 0.1) is 6.92 Å². The van der Waals surface area contributed by atoms with Gasteiger partial charge in [0.25, 0.3) is 0 Å². The molecule has 0 spiro atoms. The normalized spacial score (nSPS) is 10.9. The van der Waals surface area contributed by atoms with Crippen molar-refractivity contribution in [1.29, 1.82) is 0 Å². The Morgan fingerprint density at radius 1 is 1.43 bits per heavy atom. The average Bonchev–Trinajstić information content (AvgIpc) is 2.42. The molecule has 2 heterocycles. The van der Waals surface area contributed by atoms with Gasteiger partial charge in [0.1, 0.15) is 10.3 Å². The standard InChI is InChI=1S/C10H12BrN3/c1-7-10(11)14-5-4-8(13(2)3)6-9(14)12-7/h4-6H,1-3H3. The molecule has 2 aromatic rings. The first-order chi connectivity index (χ1) is 6.59. The van der Waals surface area contributed by atoms with Gasteiger partial charge < -0.3 is 4.90 Å². The zero-order valence-electron chi connectivity index (χ0n) is 8.45. The van der Waals surface area contributed by atoms with Crippen molar-refractivity contribution < 1.29 is 0 Å². The number of imidazole rings is 1. The van der Waals surface area contributed by atoms with Crippen molar-refractivity contribution in [3.63, 3.8) is 0 Å². The second-order valence-corrected chi connectivity index (χ2v) is 4.25. The number of aromatic nitrogens is 2. The molecule has 0 fully saturated rings. The van der Waals surface area contributed by atoms with Gasteiger partial charge in [-0.25, -0.2) is 4.98 Å². The Kier molecular flexibility index (Phi) is 2.23. The van der Waals surface area contributed by atoms with E-state index in [2.05, 4.69) is 37.9 Å². The lowest BCUT2D eigenvalue weighted by molar-refractivity contribution is 1.09. The van der Waals surface area contributed by atoms with Crippen LogP contribution in [0.25, 0.3) is 5.65 Å². The fourth-order valence-corrected chi connectivity index (χ4v) is 1.79. The number of nitrogens with zero attached hydrogens (tertiary/aromatic N) is 3. The topological polar surface area (TPSA) is 20.5 Å². The van der Waals surface area contributed by atoms with Gasteiger partial charge in [0.05, 0.1) is 5.69 Å². The van der Waals surface area contributed by atoms with Gasteiger partial charge in [-0.05, 0) is 28.9 Å². The van der Waals surface area contributed by atoms with E-state index in [1.54, 1.807) is 0 Å². The average molecular weight is 254 g/mol. The lowest BCUT2D eigenvalue weighted by Crippen LogP contribution is -2.08. The van der Waals surface area contributed by atoms with Crippen molar-refractivity contribution >= 4 is 27.3 Å². The highest BCUT2D eigenvalue weighted by Crippen LogP contribution is 2.21. The third kappa shape index (κ3) is 1.39. The fraction of sp³-hybridized carbons (Fsp3) is 0.300. The Labute approximate surface area is 91.5 Å². The number of pyridine rings is 1. The highest BCUT2D eigenvalue weighted by Gasteiger charge is 2.06. The van der Waals surface area contributed by atoms with Crippen LogP contribution in [0.5, 0.6) is 0 Å². The van der Waals surface area contributed by atoms with Crippen molar-refractivity contribution in [3.8, 4) is 0 Å². The van der Waals surface area contributed by atoms with Crippen LogP contribution < -0.4 is 4.90 Å². The third-order valence-corrected chi connectivity index (χ3v) is 3.18. The van der Waals surface area contributed by atoms with Crippen LogP contribution in [-0.2, 0) is 0 Å². The molecule has 0 aromatic carbocycles. The first-order valence-corrected chi connectivity index (χ1v) is 5.20. The second kappa shape index (κ2) is 3.28. The van der Waals surface area contributed by atoms with Crippen LogP contribution in [0.2, 0.25) is 0 Å². The van der Waals surface area contributed by atoms with Crippen LogP contribution in [-0.4, -0.2) is 23.5 Å². The molecule has 74 valence electrons. The Morgan fingerprint density at radius 2 is 2.14 bits per heavy atom. The molecule has 2 rings (SSSR count). The number of fused-ring (bicyclic) bond motifs is 1. The van der Waals surface area contributed by atoms with Crippen molar-refractivity contribution in [2.24, 2.45) is 0 Å². The molecule has 0 atom stereocenters. The molecule has 0 aliphatic carbocycles. The van der Waals surface area contributed by atoms with Crippen molar-refractivity contribution in [2.45, 2.75) is 6.92 Å². The molecule has 0 N–H and O–H groups in total. The van der Waals surface area contributed by atoms with Gasteiger partial charge in [-0.2, -0.15) is 0 Å². The Balaban J connectivity index is 2.67. The maximum absolute atomic E-state index is 4.45. The highest BCUT2D eigenvalue weighted by atomic mass is 79.9. The second-order valence-electron chi connectivity index (χ2n) is 3.50. The zero-order chi connectivity index (χ0) is 10.3. The van der Waals surface area contributed by atoms with Crippen molar-refractivity contribution in [2.75, 3.05) is 19.0 Å².